The predicted molar refractivity (Wildman–Crippen MR) is 93.4 cm³/mol. The fourth-order valence-electron chi connectivity index (χ4n) is 3.59. The van der Waals surface area contributed by atoms with Crippen molar-refractivity contribution >= 4 is 11.3 Å². The first-order valence-electron chi connectivity index (χ1n) is 8.47. The van der Waals surface area contributed by atoms with Gasteiger partial charge in [0.25, 0.3) is 0 Å². The van der Waals surface area contributed by atoms with Gasteiger partial charge in [-0.05, 0) is 36.9 Å². The molecule has 0 N–H and O–H groups in total. The molecule has 2 aromatic rings. The minimum Gasteiger partial charge on any atom is -0.460 e. The van der Waals surface area contributed by atoms with Crippen molar-refractivity contribution in [2.75, 3.05) is 19.7 Å². The molecule has 0 saturated carbocycles. The van der Waals surface area contributed by atoms with Crippen LogP contribution < -0.4 is 4.74 Å². The first-order valence-corrected chi connectivity index (χ1v) is 9.35. The monoisotopic (exact) mass is 345 g/mol. The minimum atomic E-state index is -0.0437. The molecule has 2 aliphatic rings. The van der Waals surface area contributed by atoms with Gasteiger partial charge in [0.2, 0.25) is 0 Å². The number of ether oxygens (including phenoxy) is 2. The van der Waals surface area contributed by atoms with E-state index in [4.69, 9.17) is 9.47 Å². The first-order chi connectivity index (χ1) is 11.6. The number of aromatic nitrogens is 2. The molecule has 5 nitrogen and oxygen atoms in total. The van der Waals surface area contributed by atoms with Gasteiger partial charge >= 0.3 is 6.01 Å². The van der Waals surface area contributed by atoms with Crippen LogP contribution in [0.25, 0.3) is 0 Å². The Labute approximate surface area is 146 Å². The van der Waals surface area contributed by atoms with Crippen LogP contribution in [0.15, 0.2) is 23.7 Å². The van der Waals surface area contributed by atoms with Gasteiger partial charge in [0.15, 0.2) is 0 Å². The molecular weight excluding hydrogens is 322 g/mol. The number of hydrogen-bond acceptors (Lipinski definition) is 6. The Morgan fingerprint density at radius 2 is 2.25 bits per heavy atom. The quantitative estimate of drug-likeness (QED) is 0.853. The predicted octanol–water partition coefficient (Wildman–Crippen LogP) is 2.97. The van der Waals surface area contributed by atoms with Crippen molar-refractivity contribution in [3.8, 4) is 6.01 Å². The Morgan fingerprint density at radius 1 is 1.38 bits per heavy atom. The van der Waals surface area contributed by atoms with Crippen LogP contribution in [-0.4, -0.2) is 46.3 Å². The SMILES string of the molecule is Cc1ccnc(O[C@@H]2CCOC3(C2)CN(Cc2sccc2C)C3)n1. The van der Waals surface area contributed by atoms with E-state index in [9.17, 15) is 0 Å². The van der Waals surface area contributed by atoms with Gasteiger partial charge in [-0.15, -0.1) is 11.3 Å². The number of aryl methyl sites for hydroxylation is 2. The Morgan fingerprint density at radius 3 is 3.00 bits per heavy atom. The van der Waals surface area contributed by atoms with Crippen molar-refractivity contribution in [3.63, 3.8) is 0 Å². The van der Waals surface area contributed by atoms with Gasteiger partial charge in [-0.1, -0.05) is 0 Å². The Hall–Kier alpha value is -1.50. The van der Waals surface area contributed by atoms with Crippen LogP contribution in [0.4, 0.5) is 0 Å². The highest BCUT2D eigenvalue weighted by molar-refractivity contribution is 7.10. The Bertz CT molecular complexity index is 712. The lowest BCUT2D eigenvalue weighted by Crippen LogP contribution is -2.65. The van der Waals surface area contributed by atoms with E-state index in [1.165, 1.54) is 10.4 Å². The molecule has 0 amide bonds. The zero-order chi connectivity index (χ0) is 16.6. The molecule has 2 fully saturated rings. The molecule has 0 radical (unpaired) electrons. The van der Waals surface area contributed by atoms with Crippen molar-refractivity contribution in [1.29, 1.82) is 0 Å². The van der Waals surface area contributed by atoms with Crippen molar-refractivity contribution in [3.05, 3.63) is 39.8 Å². The molecule has 128 valence electrons. The molecule has 0 bridgehead atoms. The molecule has 1 spiro atoms. The molecule has 0 unspecified atom stereocenters. The summed E-state index contributed by atoms with van der Waals surface area (Å²) in [5.74, 6) is 0. The molecule has 1 atom stereocenters. The molecule has 0 aromatic carbocycles. The van der Waals surface area contributed by atoms with E-state index in [1.807, 2.05) is 24.3 Å². The molecule has 4 heterocycles. The second kappa shape index (κ2) is 6.43. The average Bonchev–Trinajstić information content (AvgIpc) is 2.91. The van der Waals surface area contributed by atoms with E-state index in [1.54, 1.807) is 6.20 Å². The Kier molecular flexibility index (Phi) is 4.28. The number of nitrogens with zero attached hydrogens (tertiary/aromatic N) is 3. The van der Waals surface area contributed by atoms with E-state index in [0.29, 0.717) is 6.01 Å². The summed E-state index contributed by atoms with van der Waals surface area (Å²) < 4.78 is 12.1. The summed E-state index contributed by atoms with van der Waals surface area (Å²) in [6.07, 6.45) is 3.72. The van der Waals surface area contributed by atoms with Crippen molar-refractivity contribution in [2.45, 2.75) is 44.9 Å². The summed E-state index contributed by atoms with van der Waals surface area (Å²) in [5, 5.41) is 2.17. The summed E-state index contributed by atoms with van der Waals surface area (Å²) in [7, 11) is 0. The van der Waals surface area contributed by atoms with E-state index in [2.05, 4.69) is 33.2 Å². The number of rotatable bonds is 4. The summed E-state index contributed by atoms with van der Waals surface area (Å²) in [4.78, 5) is 12.5. The zero-order valence-electron chi connectivity index (χ0n) is 14.2. The molecule has 4 rings (SSSR count). The van der Waals surface area contributed by atoms with Gasteiger partial charge < -0.3 is 9.47 Å². The third-order valence-electron chi connectivity index (χ3n) is 4.85. The number of thiophene rings is 1. The first kappa shape index (κ1) is 16.0. The molecule has 2 aromatic heterocycles. The van der Waals surface area contributed by atoms with E-state index >= 15 is 0 Å². The largest absolute Gasteiger partial charge is 0.460 e. The van der Waals surface area contributed by atoms with Gasteiger partial charge in [0.05, 0.1) is 12.2 Å². The molecule has 6 heteroatoms. The van der Waals surface area contributed by atoms with Crippen molar-refractivity contribution < 1.29 is 9.47 Å². The van der Waals surface area contributed by atoms with Crippen LogP contribution in [0.2, 0.25) is 0 Å². The average molecular weight is 345 g/mol. The van der Waals surface area contributed by atoms with Gasteiger partial charge in [-0.3, -0.25) is 4.90 Å². The van der Waals surface area contributed by atoms with Gasteiger partial charge in [-0.25, -0.2) is 9.97 Å². The van der Waals surface area contributed by atoms with Crippen LogP contribution in [0.3, 0.4) is 0 Å². The lowest BCUT2D eigenvalue weighted by Gasteiger charge is -2.53. The standard InChI is InChI=1S/C18H23N3O2S/c1-13-5-8-24-16(13)10-21-11-18(12-21)9-15(4-7-22-18)23-17-19-6-3-14(2)20-17/h3,5-6,8,15H,4,7,9-12H2,1-2H3/t15-/m1/s1. The fraction of sp³-hybridized carbons (Fsp3) is 0.556. The second-order valence-corrected chi connectivity index (χ2v) is 7.92. The summed E-state index contributed by atoms with van der Waals surface area (Å²) in [5.41, 5.74) is 2.28. The summed E-state index contributed by atoms with van der Waals surface area (Å²) in [6.45, 7) is 7.89. The number of hydrogen-bond donors (Lipinski definition) is 0. The molecule has 0 aliphatic carbocycles. The zero-order valence-corrected chi connectivity index (χ0v) is 15.0. The molecular formula is C18H23N3O2S. The van der Waals surface area contributed by atoms with Gasteiger partial charge in [0.1, 0.15) is 6.10 Å². The van der Waals surface area contributed by atoms with Crippen LogP contribution in [-0.2, 0) is 11.3 Å². The molecule has 2 saturated heterocycles. The highest BCUT2D eigenvalue weighted by Gasteiger charge is 2.48. The maximum Gasteiger partial charge on any atom is 0.316 e. The summed E-state index contributed by atoms with van der Waals surface area (Å²) in [6, 6.07) is 4.56. The maximum absolute atomic E-state index is 6.11. The maximum atomic E-state index is 6.11. The van der Waals surface area contributed by atoms with Crippen molar-refractivity contribution in [1.82, 2.24) is 14.9 Å². The fourth-order valence-corrected chi connectivity index (χ4v) is 4.53. The third kappa shape index (κ3) is 3.31. The second-order valence-electron chi connectivity index (χ2n) is 6.92. The topological polar surface area (TPSA) is 47.5 Å². The highest BCUT2D eigenvalue weighted by atomic mass is 32.1. The van der Waals surface area contributed by atoms with E-state index in [-0.39, 0.29) is 11.7 Å². The lowest BCUT2D eigenvalue weighted by atomic mass is 9.84. The van der Waals surface area contributed by atoms with Gasteiger partial charge in [0, 0.05) is 49.2 Å². The normalized spacial score (nSPS) is 23.2. The van der Waals surface area contributed by atoms with Crippen LogP contribution in [0.5, 0.6) is 6.01 Å². The number of likely N-dealkylation sites (tertiary alicyclic amines) is 1. The van der Waals surface area contributed by atoms with Crippen molar-refractivity contribution in [2.24, 2.45) is 0 Å². The Balaban J connectivity index is 1.33. The van der Waals surface area contributed by atoms with Crippen LogP contribution >= 0.6 is 11.3 Å². The molecule has 24 heavy (non-hydrogen) atoms. The lowest BCUT2D eigenvalue weighted by molar-refractivity contribution is -0.188. The third-order valence-corrected chi connectivity index (χ3v) is 5.86. The smallest absolute Gasteiger partial charge is 0.316 e. The highest BCUT2D eigenvalue weighted by Crippen LogP contribution is 2.36. The van der Waals surface area contributed by atoms with E-state index < -0.39 is 0 Å². The minimum absolute atomic E-state index is 0.0437. The van der Waals surface area contributed by atoms with Crippen LogP contribution in [0.1, 0.15) is 29.0 Å². The van der Waals surface area contributed by atoms with E-state index in [0.717, 1.165) is 44.8 Å². The molecule has 2 aliphatic heterocycles. The van der Waals surface area contributed by atoms with Gasteiger partial charge in [-0.2, -0.15) is 0 Å². The van der Waals surface area contributed by atoms with Crippen LogP contribution in [0, 0.1) is 13.8 Å². The summed E-state index contributed by atoms with van der Waals surface area (Å²) >= 11 is 1.84.